The highest BCUT2D eigenvalue weighted by Gasteiger charge is 2.66. The zero-order valence-electron chi connectivity index (χ0n) is 16.7. The molecule has 8 heteroatoms. The van der Waals surface area contributed by atoms with Crippen molar-refractivity contribution in [2.24, 2.45) is 5.41 Å². The minimum Gasteiger partial charge on any atom is -0.373 e. The van der Waals surface area contributed by atoms with Crippen LogP contribution < -0.4 is 9.88 Å². The molecular weight excluding hydrogens is 372 g/mol. The van der Waals surface area contributed by atoms with Crippen LogP contribution in [-0.4, -0.2) is 67.5 Å². The number of amides is 4. The summed E-state index contributed by atoms with van der Waals surface area (Å²) >= 11 is 0. The average Bonchev–Trinajstić information content (AvgIpc) is 2.73. The molecule has 1 atom stereocenters. The highest BCUT2D eigenvalue weighted by Crippen LogP contribution is 2.45. The van der Waals surface area contributed by atoms with Crippen molar-refractivity contribution in [1.29, 1.82) is 0 Å². The van der Waals surface area contributed by atoms with Gasteiger partial charge in [-0.3, -0.25) is 24.3 Å². The van der Waals surface area contributed by atoms with Gasteiger partial charge in [0.15, 0.2) is 5.41 Å². The van der Waals surface area contributed by atoms with Crippen molar-refractivity contribution in [2.45, 2.75) is 19.4 Å². The number of fused-ring (bicyclic) bond motifs is 5. The number of pyridine rings is 1. The lowest BCUT2D eigenvalue weighted by Gasteiger charge is -2.50. The summed E-state index contributed by atoms with van der Waals surface area (Å²) in [7, 11) is 2.88. The fourth-order valence-electron chi connectivity index (χ4n) is 4.99. The van der Waals surface area contributed by atoms with Crippen molar-refractivity contribution >= 4 is 34.6 Å². The summed E-state index contributed by atoms with van der Waals surface area (Å²) in [4.78, 5) is 46.9. The quantitative estimate of drug-likeness (QED) is 0.615. The number of benzene rings is 1. The second-order valence-electron chi connectivity index (χ2n) is 8.18. The summed E-state index contributed by atoms with van der Waals surface area (Å²) in [6, 6.07) is 7.16. The minimum atomic E-state index is -1.38. The predicted molar refractivity (Wildman–Crippen MR) is 104 cm³/mol. The predicted octanol–water partition coefficient (Wildman–Crippen LogP) is 0.760. The molecule has 1 aromatic carbocycles. The van der Waals surface area contributed by atoms with Gasteiger partial charge in [-0.05, 0) is 25.1 Å². The van der Waals surface area contributed by atoms with Gasteiger partial charge < -0.3 is 4.74 Å². The Hall–Kier alpha value is -3.00. The van der Waals surface area contributed by atoms with Crippen molar-refractivity contribution in [2.75, 3.05) is 38.8 Å². The standard InChI is InChI=1S/C21H22N4O4/c1-12-4-5-15-13(8-12)9-14-10-21(16-11-29-7-6-25(16)17(14)22-15)18(26)23(2)20(28)24(3)19(21)27/h4-5,8-9,16H,6-7,10-11H2,1-3H3/p+1/t16-/m0/s1. The third-order valence-corrected chi connectivity index (χ3v) is 6.49. The number of morpholine rings is 1. The number of urea groups is 1. The van der Waals surface area contributed by atoms with Crippen LogP contribution in [0.15, 0.2) is 24.3 Å². The van der Waals surface area contributed by atoms with Crippen LogP contribution in [0.2, 0.25) is 0 Å². The number of aromatic nitrogens is 1. The van der Waals surface area contributed by atoms with Crippen LogP contribution in [0.4, 0.5) is 10.6 Å². The first-order valence-electron chi connectivity index (χ1n) is 9.75. The highest BCUT2D eigenvalue weighted by atomic mass is 16.5. The van der Waals surface area contributed by atoms with Gasteiger partial charge in [-0.1, -0.05) is 11.6 Å². The lowest BCUT2D eigenvalue weighted by molar-refractivity contribution is -0.333. The molecule has 1 N–H and O–H groups in total. The summed E-state index contributed by atoms with van der Waals surface area (Å²) in [5.74, 6) is 0.00487. The molecule has 150 valence electrons. The molecular formula is C21H23N4O4+. The number of carbonyl (C=O) groups excluding carboxylic acids is 3. The molecule has 4 amide bonds. The Morgan fingerprint density at radius 2 is 1.83 bits per heavy atom. The van der Waals surface area contributed by atoms with Gasteiger partial charge in [-0.2, -0.15) is 0 Å². The first kappa shape index (κ1) is 18.1. The lowest BCUT2D eigenvalue weighted by atomic mass is 9.68. The number of anilines is 1. The molecule has 0 aliphatic carbocycles. The molecule has 3 aliphatic rings. The molecule has 1 spiro atoms. The molecule has 3 aliphatic heterocycles. The number of aryl methyl sites for hydroxylation is 1. The number of hydrogen-bond donors (Lipinski definition) is 0. The summed E-state index contributed by atoms with van der Waals surface area (Å²) in [6.07, 6.45) is 0.229. The van der Waals surface area contributed by atoms with Crippen molar-refractivity contribution in [3.8, 4) is 0 Å². The molecule has 2 fully saturated rings. The average molecular weight is 395 g/mol. The Morgan fingerprint density at radius 1 is 1.10 bits per heavy atom. The molecule has 4 heterocycles. The number of imide groups is 2. The number of barbiturate groups is 1. The van der Waals surface area contributed by atoms with E-state index < -0.39 is 29.3 Å². The van der Waals surface area contributed by atoms with Gasteiger partial charge in [0.1, 0.15) is 18.1 Å². The van der Waals surface area contributed by atoms with Crippen LogP contribution in [0.1, 0.15) is 11.1 Å². The van der Waals surface area contributed by atoms with Crippen molar-refractivity contribution < 1.29 is 24.1 Å². The fraction of sp³-hybridized carbons (Fsp3) is 0.429. The number of rotatable bonds is 0. The van der Waals surface area contributed by atoms with Crippen molar-refractivity contribution in [3.05, 3.63) is 35.4 Å². The second-order valence-corrected chi connectivity index (χ2v) is 8.18. The van der Waals surface area contributed by atoms with Crippen LogP contribution in [0.5, 0.6) is 0 Å². The largest absolute Gasteiger partial charge is 0.373 e. The number of hydrogen-bond acceptors (Lipinski definition) is 5. The molecule has 29 heavy (non-hydrogen) atoms. The zero-order chi connectivity index (χ0) is 20.5. The Bertz CT molecular complexity index is 1060. The zero-order valence-corrected chi connectivity index (χ0v) is 16.7. The minimum absolute atomic E-state index is 0.229. The first-order valence-corrected chi connectivity index (χ1v) is 9.75. The van der Waals surface area contributed by atoms with E-state index in [1.54, 1.807) is 0 Å². The maximum atomic E-state index is 13.4. The Kier molecular flexibility index (Phi) is 3.73. The highest BCUT2D eigenvalue weighted by molar-refractivity contribution is 6.20. The van der Waals surface area contributed by atoms with Gasteiger partial charge in [-0.15, -0.1) is 0 Å². The smallest absolute Gasteiger partial charge is 0.332 e. The van der Waals surface area contributed by atoms with Gasteiger partial charge in [0.25, 0.3) is 17.6 Å². The van der Waals surface area contributed by atoms with Gasteiger partial charge in [0.2, 0.25) is 0 Å². The van der Waals surface area contributed by atoms with Gasteiger partial charge in [0, 0.05) is 31.5 Å². The second kappa shape index (κ2) is 6.00. The lowest BCUT2D eigenvalue weighted by Crippen LogP contribution is -2.73. The topological polar surface area (TPSA) is 84.3 Å². The summed E-state index contributed by atoms with van der Waals surface area (Å²) in [5.41, 5.74) is 1.66. The van der Waals surface area contributed by atoms with Crippen molar-refractivity contribution in [3.63, 3.8) is 0 Å². The summed E-state index contributed by atoms with van der Waals surface area (Å²) in [5, 5.41) is 1.03. The first-order chi connectivity index (χ1) is 13.8. The van der Waals surface area contributed by atoms with Gasteiger partial charge in [0.05, 0.1) is 13.2 Å². The van der Waals surface area contributed by atoms with Crippen molar-refractivity contribution in [1.82, 2.24) is 9.80 Å². The SMILES string of the molecule is Cc1ccc2[nH+]c3c(cc2c1)CC1(C(=O)N(C)C(=O)N(C)C1=O)[C@@H]1COCCN31. The Balaban J connectivity index is 1.74. The molecule has 0 saturated carbocycles. The van der Waals surface area contributed by atoms with Crippen LogP contribution in [0.25, 0.3) is 10.9 Å². The molecule has 0 unspecified atom stereocenters. The van der Waals surface area contributed by atoms with E-state index in [2.05, 4.69) is 28.1 Å². The molecule has 5 rings (SSSR count). The number of aromatic amines is 1. The molecule has 1 aromatic heterocycles. The molecule has 8 nitrogen and oxygen atoms in total. The van der Waals surface area contributed by atoms with E-state index in [1.807, 2.05) is 13.0 Å². The molecule has 2 saturated heterocycles. The number of nitrogens with zero attached hydrogens (tertiary/aromatic N) is 3. The van der Waals surface area contributed by atoms with Crippen LogP contribution in [-0.2, 0) is 20.7 Å². The van der Waals surface area contributed by atoms with E-state index in [-0.39, 0.29) is 13.0 Å². The number of H-pyrrole nitrogens is 1. The van der Waals surface area contributed by atoms with E-state index in [4.69, 9.17) is 4.74 Å². The molecule has 0 radical (unpaired) electrons. The third kappa shape index (κ3) is 2.29. The van der Waals surface area contributed by atoms with Crippen LogP contribution in [0.3, 0.4) is 0 Å². The maximum absolute atomic E-state index is 13.4. The van der Waals surface area contributed by atoms with E-state index in [9.17, 15) is 14.4 Å². The molecule has 2 aromatic rings. The normalized spacial score (nSPS) is 23.6. The maximum Gasteiger partial charge on any atom is 0.332 e. The Labute approximate surface area is 168 Å². The summed E-state index contributed by atoms with van der Waals surface area (Å²) in [6.45, 7) is 3.36. The van der Waals surface area contributed by atoms with Gasteiger partial charge in [-0.25, -0.2) is 9.78 Å². The van der Waals surface area contributed by atoms with Crippen LogP contribution >= 0.6 is 0 Å². The van der Waals surface area contributed by atoms with Crippen LogP contribution in [0, 0.1) is 12.3 Å². The van der Waals surface area contributed by atoms with E-state index in [0.717, 1.165) is 37.6 Å². The number of ether oxygens (including phenoxy) is 1. The van der Waals surface area contributed by atoms with Gasteiger partial charge >= 0.3 is 6.03 Å². The molecule has 0 bridgehead atoms. The number of carbonyl (C=O) groups is 3. The number of nitrogens with one attached hydrogen (secondary N) is 1. The summed E-state index contributed by atoms with van der Waals surface area (Å²) < 4.78 is 5.70. The van der Waals surface area contributed by atoms with E-state index in [1.165, 1.54) is 14.1 Å². The fourth-order valence-corrected chi connectivity index (χ4v) is 4.99. The Morgan fingerprint density at radius 3 is 2.55 bits per heavy atom. The monoisotopic (exact) mass is 395 g/mol. The van der Waals surface area contributed by atoms with E-state index in [0.29, 0.717) is 13.2 Å². The third-order valence-electron chi connectivity index (χ3n) is 6.49. The van der Waals surface area contributed by atoms with E-state index >= 15 is 0 Å².